The molecule has 0 aromatic rings. The predicted octanol–water partition coefficient (Wildman–Crippen LogP) is 30.1. The number of nitrogens with zero attached hydrogens (tertiary/aromatic N) is 1. The van der Waals surface area contributed by atoms with E-state index in [-0.39, 0.29) is 32.0 Å². The number of likely N-dealkylation sites (N-methyl/N-ethyl adjacent to an activating group) is 1. The van der Waals surface area contributed by atoms with Crippen molar-refractivity contribution in [1.82, 2.24) is 0 Å². The van der Waals surface area contributed by atoms with Crippen molar-refractivity contribution in [3.8, 4) is 0 Å². The molecule has 0 fully saturated rings. The van der Waals surface area contributed by atoms with Gasteiger partial charge in [0.25, 0.3) is 7.82 Å². The Morgan fingerprint density at radius 1 is 0.308 bits per heavy atom. The maximum absolute atomic E-state index is 12.9. The second kappa shape index (κ2) is 84.2. The van der Waals surface area contributed by atoms with E-state index >= 15 is 0 Å². The van der Waals surface area contributed by atoms with Crippen molar-refractivity contribution in [2.45, 2.75) is 457 Å². The Bertz CT molecular complexity index is 2040. The molecule has 0 amide bonds. The third-order valence-corrected chi connectivity index (χ3v) is 21.4. The molecule has 0 aliphatic rings. The van der Waals surface area contributed by atoms with Gasteiger partial charge in [-0.05, 0) is 89.9 Å². The Morgan fingerprint density at radius 2 is 0.548 bits per heavy atom. The number of phosphoric acid groups is 1. The Labute approximate surface area is 647 Å². The average Bonchev–Trinajstić information content (AvgIpc) is 0.915. The van der Waals surface area contributed by atoms with Crippen molar-refractivity contribution >= 4 is 19.8 Å². The van der Waals surface area contributed by atoms with Gasteiger partial charge in [-0.1, -0.05) is 433 Å². The molecule has 9 nitrogen and oxygen atoms in total. The number of quaternary nitrogens is 1. The van der Waals surface area contributed by atoms with Gasteiger partial charge < -0.3 is 27.9 Å². The molecule has 2 unspecified atom stereocenters. The van der Waals surface area contributed by atoms with Crippen molar-refractivity contribution in [3.63, 3.8) is 0 Å². The van der Waals surface area contributed by atoms with Crippen molar-refractivity contribution in [2.24, 2.45) is 0 Å². The molecule has 0 bridgehead atoms. The van der Waals surface area contributed by atoms with Crippen LogP contribution in [0.2, 0.25) is 0 Å². The molecule has 608 valence electrons. The zero-order valence-electron chi connectivity index (χ0n) is 69.7. The molecular formula is C94H174NO8P. The molecule has 0 aromatic carbocycles. The van der Waals surface area contributed by atoms with Crippen LogP contribution in [0.25, 0.3) is 0 Å². The summed E-state index contributed by atoms with van der Waals surface area (Å²) in [7, 11) is 1.19. The van der Waals surface area contributed by atoms with Gasteiger partial charge in [0.05, 0.1) is 27.7 Å². The van der Waals surface area contributed by atoms with Crippen LogP contribution in [-0.2, 0) is 32.7 Å². The normalized spacial score (nSPS) is 13.3. The first-order valence-corrected chi connectivity index (χ1v) is 46.8. The second-order valence-corrected chi connectivity index (χ2v) is 33.3. The molecule has 10 heteroatoms. The zero-order valence-corrected chi connectivity index (χ0v) is 70.6. The molecule has 0 spiro atoms. The van der Waals surface area contributed by atoms with E-state index < -0.39 is 26.5 Å². The fourth-order valence-electron chi connectivity index (χ4n) is 13.5. The number of carbonyl (C=O) groups is 2. The summed E-state index contributed by atoms with van der Waals surface area (Å²) < 4.78 is 34.5. The summed E-state index contributed by atoms with van der Waals surface area (Å²) in [5, 5.41) is 0. The summed E-state index contributed by atoms with van der Waals surface area (Å²) in [5.41, 5.74) is 0. The van der Waals surface area contributed by atoms with Gasteiger partial charge in [0.2, 0.25) is 0 Å². The number of hydrogen-bond donors (Lipinski definition) is 0. The van der Waals surface area contributed by atoms with E-state index in [1.165, 1.54) is 347 Å². The van der Waals surface area contributed by atoms with Gasteiger partial charge in [0.1, 0.15) is 19.8 Å². The molecule has 0 rings (SSSR count). The highest BCUT2D eigenvalue weighted by Gasteiger charge is 2.22. The lowest BCUT2D eigenvalue weighted by molar-refractivity contribution is -0.870. The summed E-state index contributed by atoms with van der Waals surface area (Å²) >= 11 is 0. The Morgan fingerprint density at radius 3 is 0.817 bits per heavy atom. The summed E-state index contributed by atoms with van der Waals surface area (Å²) in [6, 6.07) is 0. The molecule has 0 saturated heterocycles. The highest BCUT2D eigenvalue weighted by molar-refractivity contribution is 7.45. The van der Waals surface area contributed by atoms with Gasteiger partial charge in [0.15, 0.2) is 6.10 Å². The highest BCUT2D eigenvalue weighted by Crippen LogP contribution is 2.38. The van der Waals surface area contributed by atoms with Crippen molar-refractivity contribution in [2.75, 3.05) is 47.5 Å². The smallest absolute Gasteiger partial charge is 0.306 e. The molecule has 0 radical (unpaired) electrons. The standard InChI is InChI=1S/C94H174NO8P/c1-6-8-10-12-14-16-18-20-22-24-26-28-30-32-34-36-38-40-42-44-46-47-49-50-52-54-56-58-60-62-64-66-68-70-72-74-76-78-80-82-84-86-93(96)100-90-92(91-102-104(98,99)101-89-88-95(3,4)5)103-94(97)87-85-83-81-79-77-75-73-71-69-67-65-63-61-59-57-55-53-51-48-45-43-41-39-37-35-33-31-29-27-25-23-21-19-17-15-13-11-9-7-2/h9,11,15,17-18,20-21,23-24,26-27,29-30,32,92H,6-8,10,12-14,16,19,22,25,28,31,33-91H2,1-5H3/b11-9-,17-15-,20-18-,23-21-,26-24-,29-27-,32-30-. The zero-order chi connectivity index (χ0) is 75.4. The first kappa shape index (κ1) is 101. The lowest BCUT2D eigenvalue weighted by atomic mass is 10.0. The molecule has 104 heavy (non-hydrogen) atoms. The SMILES string of the molecule is CC/C=C\C/C=C\C/C=C\C/C=C\CCCCCCCCCCCCCCCCCCCCCCCCCCCCC(=O)OC(COC(=O)CCCCCCCCCCCCCCCCCCCCCCCCCCCC/C=C\C/C=C\C/C=C\CCCCCCC)COP(=O)([O-])OCC[N+](C)(C)C. The minimum absolute atomic E-state index is 0.0286. The number of unbranched alkanes of at least 4 members (excludes halogenated alkanes) is 57. The Hall–Kier alpha value is -2.81. The second-order valence-electron chi connectivity index (χ2n) is 31.9. The van der Waals surface area contributed by atoms with Crippen LogP contribution in [0.1, 0.15) is 450 Å². The molecule has 0 aliphatic heterocycles. The molecular weight excluding hydrogens is 1300 g/mol. The van der Waals surface area contributed by atoms with E-state index in [9.17, 15) is 19.0 Å². The maximum Gasteiger partial charge on any atom is 0.306 e. The summed E-state index contributed by atoms with van der Waals surface area (Å²) in [6.07, 6.45) is 118. The van der Waals surface area contributed by atoms with E-state index in [0.29, 0.717) is 17.4 Å². The van der Waals surface area contributed by atoms with Crippen LogP contribution >= 0.6 is 7.82 Å². The number of ether oxygens (including phenoxy) is 2. The summed E-state index contributed by atoms with van der Waals surface area (Å²) in [5.74, 6) is -0.807. The molecule has 0 N–H and O–H groups in total. The third kappa shape index (κ3) is 88.1. The molecule has 0 heterocycles. The number of phosphoric ester groups is 1. The van der Waals surface area contributed by atoms with Crippen LogP contribution in [0.3, 0.4) is 0 Å². The van der Waals surface area contributed by atoms with Gasteiger partial charge in [-0.15, -0.1) is 0 Å². The number of hydrogen-bond acceptors (Lipinski definition) is 8. The van der Waals surface area contributed by atoms with E-state index in [2.05, 4.69) is 98.9 Å². The van der Waals surface area contributed by atoms with Crippen LogP contribution in [0.4, 0.5) is 0 Å². The van der Waals surface area contributed by atoms with E-state index in [0.717, 1.165) is 70.6 Å². The van der Waals surface area contributed by atoms with E-state index in [4.69, 9.17) is 18.5 Å². The summed E-state index contributed by atoms with van der Waals surface area (Å²) in [6.45, 7) is 4.19. The van der Waals surface area contributed by atoms with E-state index in [1.807, 2.05) is 21.1 Å². The fraction of sp³-hybridized carbons (Fsp3) is 0.830. The van der Waals surface area contributed by atoms with Gasteiger partial charge in [-0.25, -0.2) is 0 Å². The third-order valence-electron chi connectivity index (χ3n) is 20.4. The van der Waals surface area contributed by atoms with Gasteiger partial charge >= 0.3 is 11.9 Å². The van der Waals surface area contributed by atoms with Crippen LogP contribution in [0, 0.1) is 0 Å². The highest BCUT2D eigenvalue weighted by atomic mass is 31.2. The number of rotatable bonds is 85. The van der Waals surface area contributed by atoms with Crippen LogP contribution < -0.4 is 4.89 Å². The number of carbonyl (C=O) groups excluding carboxylic acids is 2. The van der Waals surface area contributed by atoms with Gasteiger partial charge in [0, 0.05) is 12.8 Å². The maximum atomic E-state index is 12.9. The van der Waals surface area contributed by atoms with Crippen molar-refractivity contribution < 1.29 is 42.1 Å². The monoisotopic (exact) mass is 1480 g/mol. The molecule has 0 saturated carbocycles. The largest absolute Gasteiger partial charge is 0.756 e. The number of allylic oxidation sites excluding steroid dienone is 14. The quantitative estimate of drug-likeness (QED) is 0.0195. The van der Waals surface area contributed by atoms with Crippen LogP contribution in [0.15, 0.2) is 85.1 Å². The Balaban J connectivity index is 3.84. The van der Waals surface area contributed by atoms with Crippen molar-refractivity contribution in [3.05, 3.63) is 85.1 Å². The lowest BCUT2D eigenvalue weighted by Crippen LogP contribution is -2.37. The molecule has 0 aromatic heterocycles. The average molecular weight is 1480 g/mol. The van der Waals surface area contributed by atoms with Crippen LogP contribution in [0.5, 0.6) is 0 Å². The molecule has 0 aliphatic carbocycles. The van der Waals surface area contributed by atoms with Crippen molar-refractivity contribution in [1.29, 1.82) is 0 Å². The minimum Gasteiger partial charge on any atom is -0.756 e. The lowest BCUT2D eigenvalue weighted by Gasteiger charge is -2.28. The topological polar surface area (TPSA) is 111 Å². The fourth-order valence-corrected chi connectivity index (χ4v) is 14.3. The number of esters is 2. The summed E-state index contributed by atoms with van der Waals surface area (Å²) in [4.78, 5) is 38.3. The van der Waals surface area contributed by atoms with Crippen LogP contribution in [-0.4, -0.2) is 70.0 Å². The van der Waals surface area contributed by atoms with E-state index in [1.54, 1.807) is 0 Å². The van der Waals surface area contributed by atoms with Gasteiger partial charge in [-0.3, -0.25) is 14.2 Å². The molecule has 2 atom stereocenters. The minimum atomic E-state index is -4.65. The predicted molar refractivity (Wildman–Crippen MR) is 453 cm³/mol. The first-order chi connectivity index (χ1) is 51.0. The first-order valence-electron chi connectivity index (χ1n) is 45.3. The van der Waals surface area contributed by atoms with Gasteiger partial charge in [-0.2, -0.15) is 0 Å². The Kier molecular flexibility index (Phi) is 81.9.